The van der Waals surface area contributed by atoms with Gasteiger partial charge in [-0.05, 0) is 50.5 Å². The quantitative estimate of drug-likeness (QED) is 0.348. The van der Waals surface area contributed by atoms with Crippen molar-refractivity contribution in [2.24, 2.45) is 17.1 Å². The van der Waals surface area contributed by atoms with Crippen LogP contribution in [0.5, 0.6) is 5.75 Å². The van der Waals surface area contributed by atoms with Crippen LogP contribution in [-0.4, -0.2) is 46.6 Å². The lowest BCUT2D eigenvalue weighted by Crippen LogP contribution is -2.45. The van der Waals surface area contributed by atoms with Crippen LogP contribution in [0.2, 0.25) is 0 Å². The number of anilines is 1. The molecule has 0 bridgehead atoms. The molecular formula is C29H36F3N5O2. The Bertz CT molecular complexity index is 1330. The molecule has 0 aliphatic carbocycles. The minimum absolute atomic E-state index is 0.116. The predicted octanol–water partition coefficient (Wildman–Crippen LogP) is 6.32. The van der Waals surface area contributed by atoms with E-state index >= 15 is 0 Å². The monoisotopic (exact) mass is 543 g/mol. The number of hydrogen-bond donors (Lipinski definition) is 2. The summed E-state index contributed by atoms with van der Waals surface area (Å²) in [4.78, 5) is 13.2. The van der Waals surface area contributed by atoms with Gasteiger partial charge in [-0.3, -0.25) is 4.90 Å². The van der Waals surface area contributed by atoms with Gasteiger partial charge in [0.1, 0.15) is 11.4 Å². The molecule has 1 aliphatic rings. The van der Waals surface area contributed by atoms with Crippen LogP contribution >= 0.6 is 0 Å². The van der Waals surface area contributed by atoms with Crippen molar-refractivity contribution in [3.63, 3.8) is 0 Å². The summed E-state index contributed by atoms with van der Waals surface area (Å²) in [5.74, 6) is 1.01. The molecule has 3 N–H and O–H groups in total. The van der Waals surface area contributed by atoms with Gasteiger partial charge in [0, 0.05) is 42.9 Å². The number of amides is 2. The van der Waals surface area contributed by atoms with Gasteiger partial charge in [0.15, 0.2) is 0 Å². The lowest BCUT2D eigenvalue weighted by Gasteiger charge is -2.36. The molecule has 0 saturated heterocycles. The van der Waals surface area contributed by atoms with Crippen LogP contribution in [0, 0.1) is 18.3 Å². The Hall–Kier alpha value is -3.53. The maximum Gasteiger partial charge on any atom is 0.395 e. The van der Waals surface area contributed by atoms with E-state index < -0.39 is 17.6 Å². The van der Waals surface area contributed by atoms with Crippen molar-refractivity contribution in [1.29, 1.82) is 0 Å². The normalized spacial score (nSPS) is 14.4. The molecule has 0 unspecified atom stereocenters. The van der Waals surface area contributed by atoms with E-state index in [1.165, 1.54) is 13.8 Å². The standard InChI is InChI=1S/C29H36F3N5O2/c1-18(2)16-39-24-8-6-7-19(3)25(24)37-26(20-9-11-21(12-10-20)34-27(33)38)22-15-36(14-13-23(22)35-37)17-28(4,5)29(30,31)32/h6-12,18H,13-17H2,1-5H3,(H3,33,34,38). The average Bonchev–Trinajstić information content (AvgIpc) is 3.20. The highest BCUT2D eigenvalue weighted by molar-refractivity contribution is 5.88. The zero-order chi connectivity index (χ0) is 28.5. The largest absolute Gasteiger partial charge is 0.491 e. The van der Waals surface area contributed by atoms with Crippen molar-refractivity contribution >= 4 is 11.7 Å². The summed E-state index contributed by atoms with van der Waals surface area (Å²) in [5.41, 5.74) is 9.04. The van der Waals surface area contributed by atoms with Crippen molar-refractivity contribution in [1.82, 2.24) is 14.7 Å². The second kappa shape index (κ2) is 10.9. The molecule has 39 heavy (non-hydrogen) atoms. The summed E-state index contributed by atoms with van der Waals surface area (Å²) in [6, 6.07) is 12.3. The number of fused-ring (bicyclic) bond motifs is 1. The fraction of sp³-hybridized carbons (Fsp3) is 0.448. The van der Waals surface area contributed by atoms with E-state index in [0.29, 0.717) is 43.5 Å². The van der Waals surface area contributed by atoms with E-state index in [-0.39, 0.29) is 6.54 Å². The van der Waals surface area contributed by atoms with Crippen LogP contribution in [0.25, 0.3) is 16.9 Å². The Morgan fingerprint density at radius 1 is 1.15 bits per heavy atom. The van der Waals surface area contributed by atoms with Gasteiger partial charge in [-0.25, -0.2) is 9.48 Å². The van der Waals surface area contributed by atoms with E-state index in [1.807, 2.05) is 46.8 Å². The Labute approximate surface area is 227 Å². The number of aromatic nitrogens is 2. The minimum atomic E-state index is -4.31. The fourth-order valence-electron chi connectivity index (χ4n) is 4.80. The van der Waals surface area contributed by atoms with Crippen LogP contribution in [0.15, 0.2) is 42.5 Å². The molecule has 2 heterocycles. The molecule has 0 spiro atoms. The van der Waals surface area contributed by atoms with Gasteiger partial charge in [0.05, 0.1) is 23.4 Å². The maximum absolute atomic E-state index is 13.7. The number of urea groups is 1. The number of ether oxygens (including phenoxy) is 1. The molecule has 0 fully saturated rings. The first-order chi connectivity index (χ1) is 18.3. The number of benzene rings is 2. The Morgan fingerprint density at radius 2 is 1.85 bits per heavy atom. The second-order valence-corrected chi connectivity index (χ2v) is 11.2. The number of carbonyl (C=O) groups excluding carboxylic acids is 1. The van der Waals surface area contributed by atoms with Gasteiger partial charge < -0.3 is 15.8 Å². The SMILES string of the molecule is Cc1cccc(OCC(C)C)c1-n1nc2c(c1-c1ccc(NC(N)=O)cc1)CN(CC(C)(C)C(F)(F)F)CC2. The lowest BCUT2D eigenvalue weighted by atomic mass is 9.90. The number of nitrogens with zero attached hydrogens (tertiary/aromatic N) is 3. The van der Waals surface area contributed by atoms with Crippen molar-refractivity contribution in [2.75, 3.05) is 25.0 Å². The third kappa shape index (κ3) is 6.21. The Balaban J connectivity index is 1.83. The highest BCUT2D eigenvalue weighted by atomic mass is 19.4. The first-order valence-corrected chi connectivity index (χ1v) is 13.1. The number of nitrogens with two attached hydrogens (primary N) is 1. The molecule has 3 aromatic rings. The zero-order valence-electron chi connectivity index (χ0n) is 23.0. The number of carbonyl (C=O) groups is 1. The summed E-state index contributed by atoms with van der Waals surface area (Å²) < 4.78 is 49.2. The Morgan fingerprint density at radius 3 is 2.46 bits per heavy atom. The number of para-hydroxylation sites is 1. The summed E-state index contributed by atoms with van der Waals surface area (Å²) >= 11 is 0. The zero-order valence-corrected chi connectivity index (χ0v) is 23.0. The molecule has 1 aromatic heterocycles. The average molecular weight is 544 g/mol. The molecule has 4 rings (SSSR count). The highest BCUT2D eigenvalue weighted by Crippen LogP contribution is 2.41. The predicted molar refractivity (Wildman–Crippen MR) is 146 cm³/mol. The van der Waals surface area contributed by atoms with Crippen LogP contribution in [-0.2, 0) is 13.0 Å². The van der Waals surface area contributed by atoms with E-state index in [4.69, 9.17) is 15.6 Å². The van der Waals surface area contributed by atoms with Gasteiger partial charge in [-0.1, -0.05) is 38.1 Å². The van der Waals surface area contributed by atoms with Crippen LogP contribution in [0.3, 0.4) is 0 Å². The minimum Gasteiger partial charge on any atom is -0.491 e. The summed E-state index contributed by atoms with van der Waals surface area (Å²) in [6.45, 7) is 9.84. The molecule has 7 nitrogen and oxygen atoms in total. The molecule has 1 aliphatic heterocycles. The number of hydrogen-bond acceptors (Lipinski definition) is 4. The third-order valence-electron chi connectivity index (χ3n) is 6.91. The topological polar surface area (TPSA) is 85.4 Å². The van der Waals surface area contributed by atoms with Crippen molar-refractivity contribution in [3.05, 3.63) is 59.3 Å². The smallest absolute Gasteiger partial charge is 0.395 e. The summed E-state index contributed by atoms with van der Waals surface area (Å²) in [5, 5.41) is 7.55. The molecule has 10 heteroatoms. The molecule has 0 radical (unpaired) electrons. The van der Waals surface area contributed by atoms with Crippen molar-refractivity contribution < 1.29 is 22.7 Å². The number of primary amides is 1. The first kappa shape index (κ1) is 28.5. The van der Waals surface area contributed by atoms with Gasteiger partial charge in [-0.2, -0.15) is 18.3 Å². The van der Waals surface area contributed by atoms with E-state index in [1.54, 1.807) is 12.1 Å². The number of alkyl halides is 3. The fourth-order valence-corrected chi connectivity index (χ4v) is 4.80. The van der Waals surface area contributed by atoms with E-state index in [0.717, 1.165) is 33.8 Å². The van der Waals surface area contributed by atoms with Crippen molar-refractivity contribution in [2.45, 2.75) is 53.8 Å². The van der Waals surface area contributed by atoms with Gasteiger partial charge in [-0.15, -0.1) is 0 Å². The van der Waals surface area contributed by atoms with Crippen LogP contribution in [0.1, 0.15) is 44.5 Å². The molecule has 2 aromatic carbocycles. The molecular weight excluding hydrogens is 507 g/mol. The molecule has 0 atom stereocenters. The highest BCUT2D eigenvalue weighted by Gasteiger charge is 2.48. The first-order valence-electron chi connectivity index (χ1n) is 13.1. The van der Waals surface area contributed by atoms with Gasteiger partial charge >= 0.3 is 12.2 Å². The summed E-state index contributed by atoms with van der Waals surface area (Å²) in [6.07, 6.45) is -3.79. The lowest BCUT2D eigenvalue weighted by molar-refractivity contribution is -0.217. The van der Waals surface area contributed by atoms with Gasteiger partial charge in [0.2, 0.25) is 0 Å². The third-order valence-corrected chi connectivity index (χ3v) is 6.91. The number of halogens is 3. The number of nitrogens with one attached hydrogen (secondary N) is 1. The van der Waals surface area contributed by atoms with E-state index in [2.05, 4.69) is 19.2 Å². The molecule has 2 amide bonds. The second-order valence-electron chi connectivity index (χ2n) is 11.2. The van der Waals surface area contributed by atoms with Crippen LogP contribution in [0.4, 0.5) is 23.7 Å². The Kier molecular flexibility index (Phi) is 7.97. The van der Waals surface area contributed by atoms with Gasteiger partial charge in [0.25, 0.3) is 0 Å². The molecule has 0 saturated carbocycles. The van der Waals surface area contributed by atoms with Crippen molar-refractivity contribution in [3.8, 4) is 22.7 Å². The van der Waals surface area contributed by atoms with Crippen LogP contribution < -0.4 is 15.8 Å². The number of aryl methyl sites for hydroxylation is 1. The van der Waals surface area contributed by atoms with E-state index in [9.17, 15) is 18.0 Å². The number of rotatable bonds is 8. The summed E-state index contributed by atoms with van der Waals surface area (Å²) in [7, 11) is 0. The maximum atomic E-state index is 13.7. The molecule has 210 valence electrons.